The molecule has 0 saturated carbocycles. The zero-order valence-electron chi connectivity index (χ0n) is 11.7. The number of hydrogen-bond acceptors (Lipinski definition) is 3. The minimum Gasteiger partial charge on any atom is -0.306 e. The molecule has 0 aliphatic heterocycles. The normalized spacial score (nSPS) is 12.8. The lowest BCUT2D eigenvalue weighted by molar-refractivity contribution is 0.588. The summed E-state index contributed by atoms with van der Waals surface area (Å²) in [6.45, 7) is 6.31. The van der Waals surface area contributed by atoms with Crippen molar-refractivity contribution in [3.05, 3.63) is 37.2 Å². The molecule has 2 aromatic rings. The SMILES string of the molecule is CCCNC(c1cnn(CCC)c1)c1cc(Br)sc1Br. The first-order valence-electron chi connectivity index (χ1n) is 6.86. The number of rotatable bonds is 7. The van der Waals surface area contributed by atoms with Gasteiger partial charge < -0.3 is 5.32 Å². The molecule has 0 aliphatic rings. The van der Waals surface area contributed by atoms with Gasteiger partial charge in [-0.25, -0.2) is 0 Å². The van der Waals surface area contributed by atoms with E-state index in [1.54, 1.807) is 11.3 Å². The van der Waals surface area contributed by atoms with E-state index in [0.717, 1.165) is 29.7 Å². The first kappa shape index (κ1) is 16.2. The van der Waals surface area contributed by atoms with Gasteiger partial charge in [0, 0.05) is 18.3 Å². The maximum Gasteiger partial charge on any atom is 0.0761 e. The molecule has 0 spiro atoms. The first-order chi connectivity index (χ1) is 9.65. The van der Waals surface area contributed by atoms with Crippen molar-refractivity contribution in [3.63, 3.8) is 0 Å². The fraction of sp³-hybridized carbons (Fsp3) is 0.500. The molecule has 0 aromatic carbocycles. The highest BCUT2D eigenvalue weighted by Crippen LogP contribution is 2.37. The molecule has 20 heavy (non-hydrogen) atoms. The van der Waals surface area contributed by atoms with Crippen LogP contribution < -0.4 is 5.32 Å². The maximum absolute atomic E-state index is 4.45. The summed E-state index contributed by atoms with van der Waals surface area (Å²) in [6.07, 6.45) is 6.33. The summed E-state index contributed by atoms with van der Waals surface area (Å²) < 4.78 is 4.33. The summed E-state index contributed by atoms with van der Waals surface area (Å²) in [4.78, 5) is 0. The Morgan fingerprint density at radius 2 is 2.15 bits per heavy atom. The molecule has 0 amide bonds. The number of halogens is 2. The molecule has 110 valence electrons. The number of thiophene rings is 1. The molecule has 0 fully saturated rings. The van der Waals surface area contributed by atoms with Crippen molar-refractivity contribution in [2.75, 3.05) is 6.54 Å². The Morgan fingerprint density at radius 3 is 2.75 bits per heavy atom. The molecular weight excluding hydrogens is 402 g/mol. The average molecular weight is 421 g/mol. The fourth-order valence-electron chi connectivity index (χ4n) is 2.13. The molecular formula is C14H19Br2N3S. The van der Waals surface area contributed by atoms with Crippen LogP contribution >= 0.6 is 43.2 Å². The van der Waals surface area contributed by atoms with Crippen LogP contribution in [0.5, 0.6) is 0 Å². The van der Waals surface area contributed by atoms with Gasteiger partial charge in [-0.3, -0.25) is 4.68 Å². The second kappa shape index (κ2) is 7.73. The number of nitrogens with zero attached hydrogens (tertiary/aromatic N) is 2. The fourth-order valence-corrected chi connectivity index (χ4v) is 5.03. The monoisotopic (exact) mass is 419 g/mol. The topological polar surface area (TPSA) is 29.9 Å². The van der Waals surface area contributed by atoms with Crippen LogP contribution in [-0.4, -0.2) is 16.3 Å². The number of nitrogens with one attached hydrogen (secondary N) is 1. The predicted molar refractivity (Wildman–Crippen MR) is 92.4 cm³/mol. The van der Waals surface area contributed by atoms with E-state index < -0.39 is 0 Å². The van der Waals surface area contributed by atoms with Gasteiger partial charge >= 0.3 is 0 Å². The number of aryl methyl sites for hydroxylation is 1. The van der Waals surface area contributed by atoms with Gasteiger partial charge in [0.05, 0.1) is 19.8 Å². The third-order valence-corrected chi connectivity index (χ3v) is 5.42. The highest BCUT2D eigenvalue weighted by Gasteiger charge is 2.20. The molecule has 3 nitrogen and oxygen atoms in total. The molecule has 0 radical (unpaired) electrons. The second-order valence-corrected chi connectivity index (χ2v) is 8.45. The van der Waals surface area contributed by atoms with Gasteiger partial charge in [-0.15, -0.1) is 11.3 Å². The largest absolute Gasteiger partial charge is 0.306 e. The third-order valence-electron chi connectivity index (χ3n) is 3.03. The van der Waals surface area contributed by atoms with Gasteiger partial charge in [-0.05, 0) is 62.9 Å². The summed E-state index contributed by atoms with van der Waals surface area (Å²) in [6, 6.07) is 2.37. The molecule has 1 N–H and O–H groups in total. The van der Waals surface area contributed by atoms with Crippen LogP contribution in [0.4, 0.5) is 0 Å². The summed E-state index contributed by atoms with van der Waals surface area (Å²) >= 11 is 8.94. The quantitative estimate of drug-likeness (QED) is 0.685. The molecule has 0 aliphatic carbocycles. The van der Waals surface area contributed by atoms with Crippen LogP contribution in [-0.2, 0) is 6.54 Å². The van der Waals surface area contributed by atoms with E-state index in [-0.39, 0.29) is 6.04 Å². The Balaban J connectivity index is 2.28. The van der Waals surface area contributed by atoms with Gasteiger partial charge in [0.25, 0.3) is 0 Å². The minimum absolute atomic E-state index is 0.192. The van der Waals surface area contributed by atoms with E-state index in [1.807, 2.05) is 10.9 Å². The van der Waals surface area contributed by atoms with E-state index in [1.165, 1.54) is 14.9 Å². The zero-order chi connectivity index (χ0) is 14.5. The standard InChI is InChI=1S/C14H19Br2N3S/c1-3-5-17-13(11-7-12(15)20-14(11)16)10-8-18-19(9-10)6-4-2/h7-9,13,17H,3-6H2,1-2H3. The van der Waals surface area contributed by atoms with Crippen LogP contribution in [0, 0.1) is 0 Å². The van der Waals surface area contributed by atoms with Crippen LogP contribution in [0.3, 0.4) is 0 Å². The van der Waals surface area contributed by atoms with Crippen LogP contribution in [0.25, 0.3) is 0 Å². The first-order valence-corrected chi connectivity index (χ1v) is 9.26. The van der Waals surface area contributed by atoms with E-state index in [2.05, 4.69) is 68.4 Å². The minimum atomic E-state index is 0.192. The Kier molecular flexibility index (Phi) is 6.26. The Hall–Kier alpha value is -0.170. The molecule has 6 heteroatoms. The Morgan fingerprint density at radius 1 is 1.35 bits per heavy atom. The van der Waals surface area contributed by atoms with Crippen molar-refractivity contribution in [2.24, 2.45) is 0 Å². The number of aromatic nitrogens is 2. The van der Waals surface area contributed by atoms with Crippen molar-refractivity contribution in [2.45, 2.75) is 39.3 Å². The molecule has 0 bridgehead atoms. The molecule has 1 unspecified atom stereocenters. The number of hydrogen-bond donors (Lipinski definition) is 1. The molecule has 0 saturated heterocycles. The van der Waals surface area contributed by atoms with Gasteiger partial charge in [-0.2, -0.15) is 5.10 Å². The van der Waals surface area contributed by atoms with E-state index in [4.69, 9.17) is 0 Å². The maximum atomic E-state index is 4.45. The lowest BCUT2D eigenvalue weighted by atomic mass is 10.1. The van der Waals surface area contributed by atoms with Gasteiger partial charge in [0.2, 0.25) is 0 Å². The summed E-state index contributed by atoms with van der Waals surface area (Å²) in [5, 5.41) is 8.06. The summed E-state index contributed by atoms with van der Waals surface area (Å²) in [5.74, 6) is 0. The second-order valence-electron chi connectivity index (χ2n) is 4.70. The van der Waals surface area contributed by atoms with Crippen molar-refractivity contribution in [1.82, 2.24) is 15.1 Å². The van der Waals surface area contributed by atoms with Crippen LogP contribution in [0.1, 0.15) is 43.9 Å². The van der Waals surface area contributed by atoms with E-state index in [9.17, 15) is 0 Å². The molecule has 2 rings (SSSR count). The highest BCUT2D eigenvalue weighted by atomic mass is 79.9. The Bertz CT molecular complexity index is 550. The van der Waals surface area contributed by atoms with Gasteiger partial charge in [-0.1, -0.05) is 13.8 Å². The van der Waals surface area contributed by atoms with E-state index >= 15 is 0 Å². The van der Waals surface area contributed by atoms with Crippen molar-refractivity contribution < 1.29 is 0 Å². The lowest BCUT2D eigenvalue weighted by Crippen LogP contribution is -2.22. The van der Waals surface area contributed by atoms with Gasteiger partial charge in [0.1, 0.15) is 0 Å². The molecule has 2 heterocycles. The van der Waals surface area contributed by atoms with Crippen molar-refractivity contribution in [3.8, 4) is 0 Å². The molecule has 1 atom stereocenters. The summed E-state index contributed by atoms with van der Waals surface area (Å²) in [7, 11) is 0. The highest BCUT2D eigenvalue weighted by molar-refractivity contribution is 9.12. The predicted octanol–water partition coefficient (Wildman–Crippen LogP) is 4.97. The Labute approximate surface area is 141 Å². The van der Waals surface area contributed by atoms with E-state index in [0.29, 0.717) is 0 Å². The van der Waals surface area contributed by atoms with Crippen LogP contribution in [0.15, 0.2) is 26.0 Å². The smallest absolute Gasteiger partial charge is 0.0761 e. The van der Waals surface area contributed by atoms with Crippen molar-refractivity contribution in [1.29, 1.82) is 0 Å². The van der Waals surface area contributed by atoms with Gasteiger partial charge in [0.15, 0.2) is 0 Å². The average Bonchev–Trinajstić information content (AvgIpc) is 2.98. The molecule has 2 aromatic heterocycles. The zero-order valence-corrected chi connectivity index (χ0v) is 15.7. The summed E-state index contributed by atoms with van der Waals surface area (Å²) in [5.41, 5.74) is 2.49. The lowest BCUT2D eigenvalue weighted by Gasteiger charge is -2.16. The van der Waals surface area contributed by atoms with Crippen molar-refractivity contribution >= 4 is 43.2 Å². The van der Waals surface area contributed by atoms with Crippen LogP contribution in [0.2, 0.25) is 0 Å². The third kappa shape index (κ3) is 3.93.